The van der Waals surface area contributed by atoms with E-state index in [0.29, 0.717) is 28.3 Å². The van der Waals surface area contributed by atoms with E-state index >= 15 is 0 Å². The van der Waals surface area contributed by atoms with Gasteiger partial charge in [0.15, 0.2) is 8.32 Å². The van der Waals surface area contributed by atoms with Crippen molar-refractivity contribution in [1.29, 1.82) is 5.26 Å². The van der Waals surface area contributed by atoms with Crippen LogP contribution in [0.15, 0.2) is 12.1 Å². The third-order valence-electron chi connectivity index (χ3n) is 5.99. The fraction of sp³-hybridized carbons (Fsp3) is 0.632. The first-order valence-corrected chi connectivity index (χ1v) is 14.2. The molecule has 1 aromatic rings. The monoisotopic (exact) mass is 459 g/mol. The third kappa shape index (κ3) is 5.31. The molecule has 0 spiro atoms. The second-order valence-corrected chi connectivity index (χ2v) is 15.5. The van der Waals surface area contributed by atoms with E-state index in [9.17, 15) is 13.0 Å². The van der Waals surface area contributed by atoms with Crippen LogP contribution in [0.2, 0.25) is 23.2 Å². The predicted molar refractivity (Wildman–Crippen MR) is 118 cm³/mol. The number of benzene rings is 1. The van der Waals surface area contributed by atoms with Crippen molar-refractivity contribution >= 4 is 35.9 Å². The van der Waals surface area contributed by atoms with Crippen LogP contribution in [0.3, 0.4) is 0 Å². The molecule has 162 valence electrons. The molecule has 2 atom stereocenters. The Bertz CT molecular complexity index is 909. The Morgan fingerprint density at radius 1 is 1.41 bits per heavy atom. The normalized spacial score (nSPS) is 21.2. The minimum Gasteiger partial charge on any atom is -0.412 e. The van der Waals surface area contributed by atoms with Crippen molar-refractivity contribution < 1.29 is 17.4 Å². The minimum atomic E-state index is -4.35. The maximum absolute atomic E-state index is 11.9. The summed E-state index contributed by atoms with van der Waals surface area (Å²) < 4.78 is 41.1. The van der Waals surface area contributed by atoms with Crippen LogP contribution in [0, 0.1) is 18.3 Å². The summed E-state index contributed by atoms with van der Waals surface area (Å²) >= 11 is 6.23. The van der Waals surface area contributed by atoms with Crippen molar-refractivity contribution in [3.05, 3.63) is 28.3 Å². The van der Waals surface area contributed by atoms with Crippen LogP contribution < -0.4 is 5.32 Å². The summed E-state index contributed by atoms with van der Waals surface area (Å²) in [4.78, 5) is 0. The van der Waals surface area contributed by atoms with Crippen LogP contribution in [0.5, 0.6) is 0 Å². The molecule has 1 fully saturated rings. The lowest BCUT2D eigenvalue weighted by Crippen LogP contribution is -2.50. The zero-order valence-electron chi connectivity index (χ0n) is 17.8. The van der Waals surface area contributed by atoms with Gasteiger partial charge in [-0.15, -0.1) is 0 Å². The smallest absolute Gasteiger partial charge is 0.336 e. The Morgan fingerprint density at radius 2 is 2.03 bits per heavy atom. The number of nitrogens with one attached hydrogen (secondary N) is 1. The van der Waals surface area contributed by atoms with Gasteiger partial charge in [-0.05, 0) is 49.2 Å². The number of nitrogens with zero attached hydrogens (tertiary/aromatic N) is 2. The largest absolute Gasteiger partial charge is 0.412 e. The average Bonchev–Trinajstić information content (AvgIpc) is 2.97. The number of rotatable bonds is 6. The molecule has 1 aromatic carbocycles. The van der Waals surface area contributed by atoms with Gasteiger partial charge in [0.05, 0.1) is 22.7 Å². The summed E-state index contributed by atoms with van der Waals surface area (Å²) in [6.45, 7) is 12.9. The van der Waals surface area contributed by atoms with Crippen molar-refractivity contribution in [1.82, 2.24) is 4.31 Å². The SMILES string of the molecule is Cc1c(NC[C@@H]2[C@@H](O[Si](C)(C)C(C)(C)C)CCN2S(=O)(=O)O)ccc(C#N)c1Cl. The molecule has 0 aliphatic carbocycles. The van der Waals surface area contributed by atoms with E-state index in [4.69, 9.17) is 21.3 Å². The molecule has 1 heterocycles. The Morgan fingerprint density at radius 3 is 2.55 bits per heavy atom. The van der Waals surface area contributed by atoms with E-state index in [-0.39, 0.29) is 24.2 Å². The standard InChI is InChI=1S/C19H30ClN3O4SSi/c1-13-15(8-7-14(11-21)18(13)20)22-12-16-17(9-10-23(16)28(24,25)26)27-29(5,6)19(2,3)4/h7-8,16-17,22H,9-10,12H2,1-6H3,(H,24,25,26)/t16-,17+/m1/s1. The fourth-order valence-corrected chi connectivity index (χ4v) is 5.67. The molecular weight excluding hydrogens is 430 g/mol. The molecule has 1 saturated heterocycles. The summed E-state index contributed by atoms with van der Waals surface area (Å²) in [5, 5.41) is 12.7. The molecule has 0 amide bonds. The van der Waals surface area contributed by atoms with Crippen LogP contribution in [0.25, 0.3) is 0 Å². The lowest BCUT2D eigenvalue weighted by atomic mass is 10.1. The molecule has 1 aliphatic rings. The molecule has 2 rings (SSSR count). The van der Waals surface area contributed by atoms with E-state index in [1.54, 1.807) is 19.1 Å². The minimum absolute atomic E-state index is 0.0201. The van der Waals surface area contributed by atoms with Crippen molar-refractivity contribution in [2.75, 3.05) is 18.4 Å². The Labute approximate surface area is 180 Å². The summed E-state index contributed by atoms with van der Waals surface area (Å²) in [6, 6.07) is 4.86. The zero-order valence-corrected chi connectivity index (χ0v) is 20.4. The van der Waals surface area contributed by atoms with Gasteiger partial charge in [-0.3, -0.25) is 4.55 Å². The lowest BCUT2D eigenvalue weighted by molar-refractivity contribution is 0.151. The average molecular weight is 460 g/mol. The van der Waals surface area contributed by atoms with Gasteiger partial charge in [-0.25, -0.2) is 0 Å². The van der Waals surface area contributed by atoms with Crippen LogP contribution in [-0.4, -0.2) is 50.8 Å². The topological polar surface area (TPSA) is 103 Å². The first-order valence-electron chi connectivity index (χ1n) is 9.54. The summed E-state index contributed by atoms with van der Waals surface area (Å²) in [5.74, 6) is 0. The van der Waals surface area contributed by atoms with Crippen molar-refractivity contribution in [3.63, 3.8) is 0 Å². The van der Waals surface area contributed by atoms with E-state index < -0.39 is 24.7 Å². The highest BCUT2D eigenvalue weighted by atomic mass is 35.5. The molecule has 10 heteroatoms. The predicted octanol–water partition coefficient (Wildman–Crippen LogP) is 4.20. The molecule has 29 heavy (non-hydrogen) atoms. The number of hydrogen-bond donors (Lipinski definition) is 2. The molecule has 2 N–H and O–H groups in total. The number of anilines is 1. The van der Waals surface area contributed by atoms with Crippen LogP contribution >= 0.6 is 11.6 Å². The van der Waals surface area contributed by atoms with Crippen molar-refractivity contribution in [2.24, 2.45) is 0 Å². The van der Waals surface area contributed by atoms with Crippen molar-refractivity contribution in [3.8, 4) is 6.07 Å². The van der Waals surface area contributed by atoms with Gasteiger partial charge < -0.3 is 9.74 Å². The second kappa shape index (κ2) is 8.53. The van der Waals surface area contributed by atoms with Gasteiger partial charge in [0.2, 0.25) is 0 Å². The van der Waals surface area contributed by atoms with Crippen LogP contribution in [0.4, 0.5) is 5.69 Å². The van der Waals surface area contributed by atoms with Crippen LogP contribution in [0.1, 0.15) is 38.3 Å². The number of hydrogen-bond acceptors (Lipinski definition) is 5. The van der Waals surface area contributed by atoms with Gasteiger partial charge >= 0.3 is 10.3 Å². The molecule has 1 aliphatic heterocycles. The highest BCUT2D eigenvalue weighted by Gasteiger charge is 2.46. The highest BCUT2D eigenvalue weighted by molar-refractivity contribution is 7.83. The highest BCUT2D eigenvalue weighted by Crippen LogP contribution is 2.39. The van der Waals surface area contributed by atoms with E-state index in [1.807, 2.05) is 6.07 Å². The molecule has 0 radical (unpaired) electrons. The lowest BCUT2D eigenvalue weighted by Gasteiger charge is -2.40. The first kappa shape index (κ1) is 24.1. The quantitative estimate of drug-likeness (QED) is 0.488. The van der Waals surface area contributed by atoms with Crippen LogP contribution in [-0.2, 0) is 14.7 Å². The third-order valence-corrected chi connectivity index (χ3v) is 12.0. The van der Waals surface area contributed by atoms with Gasteiger partial charge in [0.1, 0.15) is 6.07 Å². The van der Waals surface area contributed by atoms with E-state index in [2.05, 4.69) is 39.2 Å². The summed E-state index contributed by atoms with van der Waals surface area (Å²) in [7, 11) is -6.48. The molecular formula is C19H30ClN3O4SSi. The zero-order chi connectivity index (χ0) is 22.2. The molecule has 7 nitrogen and oxygen atoms in total. The first-order chi connectivity index (χ1) is 13.2. The Kier molecular flexibility index (Phi) is 7.10. The summed E-state index contributed by atoms with van der Waals surface area (Å²) in [6.07, 6.45) is 0.200. The molecule has 0 bridgehead atoms. The Hall–Kier alpha value is -1.15. The van der Waals surface area contributed by atoms with Gasteiger partial charge in [-0.1, -0.05) is 32.4 Å². The summed E-state index contributed by atoms with van der Waals surface area (Å²) in [5.41, 5.74) is 1.81. The van der Waals surface area contributed by atoms with E-state index in [0.717, 1.165) is 4.31 Å². The number of halogens is 1. The fourth-order valence-electron chi connectivity index (χ4n) is 3.19. The van der Waals surface area contributed by atoms with Gasteiger partial charge in [-0.2, -0.15) is 18.0 Å². The molecule has 0 aromatic heterocycles. The maximum Gasteiger partial charge on any atom is 0.336 e. The molecule has 0 unspecified atom stereocenters. The van der Waals surface area contributed by atoms with Crippen molar-refractivity contribution in [2.45, 2.75) is 64.4 Å². The maximum atomic E-state index is 11.9. The second-order valence-electron chi connectivity index (χ2n) is 8.95. The van der Waals surface area contributed by atoms with E-state index in [1.165, 1.54) is 0 Å². The Balaban J connectivity index is 2.27. The van der Waals surface area contributed by atoms with Gasteiger partial charge in [0, 0.05) is 18.8 Å². The number of nitriles is 1. The van der Waals surface area contributed by atoms with Gasteiger partial charge in [0.25, 0.3) is 0 Å². The molecule has 0 saturated carbocycles.